The van der Waals surface area contributed by atoms with Crippen molar-refractivity contribution in [2.75, 3.05) is 26.3 Å². The summed E-state index contributed by atoms with van der Waals surface area (Å²) >= 11 is 19.1. The number of benzene rings is 2. The molecule has 0 spiro atoms. The van der Waals surface area contributed by atoms with E-state index in [2.05, 4.69) is 9.88 Å². The van der Waals surface area contributed by atoms with Gasteiger partial charge in [-0.1, -0.05) is 40.9 Å². The SMILES string of the molecule is Oc1c(C(c2ccc(Cl)cc2Cl)N2CCOCC2)cc(Cl)c2cccnc12. The van der Waals surface area contributed by atoms with Crippen LogP contribution in [-0.2, 0) is 4.74 Å². The second-order valence-electron chi connectivity index (χ2n) is 6.41. The maximum atomic E-state index is 11.0. The maximum absolute atomic E-state index is 11.0. The Labute approximate surface area is 172 Å². The third-order valence-electron chi connectivity index (χ3n) is 4.81. The largest absolute Gasteiger partial charge is 0.505 e. The number of fused-ring (bicyclic) bond motifs is 1. The van der Waals surface area contributed by atoms with Gasteiger partial charge in [-0.3, -0.25) is 9.88 Å². The van der Waals surface area contributed by atoms with Crippen LogP contribution < -0.4 is 0 Å². The molecule has 1 saturated heterocycles. The molecule has 2 heterocycles. The highest BCUT2D eigenvalue weighted by Crippen LogP contribution is 2.43. The molecule has 2 aromatic carbocycles. The van der Waals surface area contributed by atoms with E-state index in [1.165, 1.54) is 0 Å². The number of halogens is 3. The van der Waals surface area contributed by atoms with Crippen LogP contribution in [0, 0.1) is 0 Å². The Balaban J connectivity index is 1.93. The molecule has 140 valence electrons. The molecule has 1 aromatic heterocycles. The van der Waals surface area contributed by atoms with E-state index in [4.69, 9.17) is 39.5 Å². The zero-order chi connectivity index (χ0) is 19.0. The summed E-state index contributed by atoms with van der Waals surface area (Å²) in [5.41, 5.74) is 1.99. The second-order valence-corrected chi connectivity index (χ2v) is 7.66. The lowest BCUT2D eigenvalue weighted by Gasteiger charge is -2.36. The van der Waals surface area contributed by atoms with Crippen molar-refractivity contribution < 1.29 is 9.84 Å². The molecular formula is C20H17Cl3N2O2. The molecule has 1 fully saturated rings. The highest BCUT2D eigenvalue weighted by atomic mass is 35.5. The number of aromatic hydroxyl groups is 1. The van der Waals surface area contributed by atoms with Crippen LogP contribution in [0.15, 0.2) is 42.6 Å². The van der Waals surface area contributed by atoms with Crippen LogP contribution >= 0.6 is 34.8 Å². The van der Waals surface area contributed by atoms with Crippen LogP contribution in [0.3, 0.4) is 0 Å². The first kappa shape index (κ1) is 18.8. The van der Waals surface area contributed by atoms with E-state index in [0.717, 1.165) is 5.56 Å². The van der Waals surface area contributed by atoms with Gasteiger partial charge in [0.1, 0.15) is 11.3 Å². The van der Waals surface area contributed by atoms with Crippen molar-refractivity contribution in [1.82, 2.24) is 9.88 Å². The minimum absolute atomic E-state index is 0.109. The number of hydrogen-bond donors (Lipinski definition) is 1. The van der Waals surface area contributed by atoms with E-state index in [-0.39, 0.29) is 11.8 Å². The second kappa shape index (κ2) is 7.82. The number of phenolic OH excluding ortho intramolecular Hbond substituents is 1. The topological polar surface area (TPSA) is 45.6 Å². The summed E-state index contributed by atoms with van der Waals surface area (Å²) < 4.78 is 5.50. The molecule has 0 amide bonds. The summed E-state index contributed by atoms with van der Waals surface area (Å²) in [6, 6.07) is 10.5. The smallest absolute Gasteiger partial charge is 0.147 e. The zero-order valence-electron chi connectivity index (χ0n) is 14.3. The average Bonchev–Trinajstić information content (AvgIpc) is 2.68. The summed E-state index contributed by atoms with van der Waals surface area (Å²) in [7, 11) is 0. The molecule has 0 aliphatic carbocycles. The molecule has 1 aliphatic heterocycles. The van der Waals surface area contributed by atoms with Crippen molar-refractivity contribution in [3.05, 3.63) is 68.8 Å². The van der Waals surface area contributed by atoms with E-state index in [0.29, 0.717) is 57.8 Å². The molecule has 0 radical (unpaired) electrons. The van der Waals surface area contributed by atoms with E-state index in [9.17, 15) is 5.11 Å². The monoisotopic (exact) mass is 422 g/mol. The Morgan fingerprint density at radius 3 is 2.52 bits per heavy atom. The van der Waals surface area contributed by atoms with E-state index >= 15 is 0 Å². The van der Waals surface area contributed by atoms with Crippen molar-refractivity contribution in [3.63, 3.8) is 0 Å². The van der Waals surface area contributed by atoms with Gasteiger partial charge in [0.2, 0.25) is 0 Å². The Bertz CT molecular complexity index is 990. The van der Waals surface area contributed by atoms with Gasteiger partial charge in [0, 0.05) is 40.3 Å². The molecule has 1 N–H and O–H groups in total. The number of phenols is 1. The lowest BCUT2D eigenvalue weighted by Crippen LogP contribution is -2.39. The van der Waals surface area contributed by atoms with Crippen molar-refractivity contribution in [2.45, 2.75) is 6.04 Å². The molecule has 27 heavy (non-hydrogen) atoms. The van der Waals surface area contributed by atoms with Crippen LogP contribution in [0.2, 0.25) is 15.1 Å². The molecular weight excluding hydrogens is 407 g/mol. The molecule has 0 saturated carbocycles. The zero-order valence-corrected chi connectivity index (χ0v) is 16.6. The number of hydrogen-bond acceptors (Lipinski definition) is 4. The van der Waals surface area contributed by atoms with Crippen LogP contribution in [0.1, 0.15) is 17.2 Å². The lowest BCUT2D eigenvalue weighted by atomic mass is 9.94. The minimum atomic E-state index is -0.289. The average molecular weight is 424 g/mol. The summed E-state index contributed by atoms with van der Waals surface area (Å²) in [6.07, 6.45) is 1.64. The van der Waals surface area contributed by atoms with Gasteiger partial charge in [0.25, 0.3) is 0 Å². The Kier molecular flexibility index (Phi) is 5.44. The molecule has 0 bridgehead atoms. The lowest BCUT2D eigenvalue weighted by molar-refractivity contribution is 0.0236. The number of pyridine rings is 1. The summed E-state index contributed by atoms with van der Waals surface area (Å²) in [6.45, 7) is 2.64. The standard InChI is InChI=1S/C20H17Cl3N2O2/c21-12-3-4-14(16(22)10-12)19(25-6-8-27-9-7-25)15-11-17(23)13-2-1-5-24-18(13)20(15)26/h1-5,10-11,19,26H,6-9H2. The third kappa shape index (κ3) is 3.60. The molecule has 1 aliphatic rings. The van der Waals surface area contributed by atoms with Gasteiger partial charge in [-0.2, -0.15) is 0 Å². The Morgan fingerprint density at radius 2 is 1.78 bits per heavy atom. The molecule has 1 atom stereocenters. The van der Waals surface area contributed by atoms with Crippen LogP contribution in [-0.4, -0.2) is 41.3 Å². The first-order valence-corrected chi connectivity index (χ1v) is 9.72. The highest BCUT2D eigenvalue weighted by molar-refractivity contribution is 6.36. The number of morpholine rings is 1. The molecule has 4 rings (SSSR count). The molecule has 3 aromatic rings. The molecule has 4 nitrogen and oxygen atoms in total. The predicted octanol–water partition coefficient (Wildman–Crippen LogP) is 5.32. The summed E-state index contributed by atoms with van der Waals surface area (Å²) in [5.74, 6) is 0.109. The van der Waals surface area contributed by atoms with Crippen molar-refractivity contribution in [3.8, 4) is 5.75 Å². The van der Waals surface area contributed by atoms with E-state index in [1.807, 2.05) is 12.1 Å². The van der Waals surface area contributed by atoms with Crippen LogP contribution in [0.4, 0.5) is 0 Å². The quantitative estimate of drug-likeness (QED) is 0.619. The van der Waals surface area contributed by atoms with Gasteiger partial charge < -0.3 is 9.84 Å². The number of rotatable bonds is 3. The highest BCUT2D eigenvalue weighted by Gasteiger charge is 2.30. The summed E-state index contributed by atoms with van der Waals surface area (Å²) in [4.78, 5) is 6.55. The maximum Gasteiger partial charge on any atom is 0.147 e. The Hall–Kier alpha value is -1.56. The fourth-order valence-electron chi connectivity index (χ4n) is 3.53. The van der Waals surface area contributed by atoms with Crippen LogP contribution in [0.25, 0.3) is 10.9 Å². The van der Waals surface area contributed by atoms with Crippen molar-refractivity contribution in [2.24, 2.45) is 0 Å². The normalized spacial score (nSPS) is 16.6. The van der Waals surface area contributed by atoms with E-state index < -0.39 is 0 Å². The predicted molar refractivity (Wildman–Crippen MR) is 109 cm³/mol. The van der Waals surface area contributed by atoms with Crippen molar-refractivity contribution >= 4 is 45.7 Å². The van der Waals surface area contributed by atoms with Gasteiger partial charge in [-0.05, 0) is 35.9 Å². The molecule has 1 unspecified atom stereocenters. The van der Waals surface area contributed by atoms with Crippen LogP contribution in [0.5, 0.6) is 5.75 Å². The van der Waals surface area contributed by atoms with Gasteiger partial charge in [-0.25, -0.2) is 0 Å². The van der Waals surface area contributed by atoms with Crippen molar-refractivity contribution in [1.29, 1.82) is 0 Å². The first-order valence-electron chi connectivity index (χ1n) is 8.59. The van der Waals surface area contributed by atoms with Gasteiger partial charge in [0.15, 0.2) is 0 Å². The minimum Gasteiger partial charge on any atom is -0.505 e. The number of ether oxygens (including phenoxy) is 1. The third-order valence-corrected chi connectivity index (χ3v) is 5.68. The molecule has 7 heteroatoms. The Morgan fingerprint density at radius 1 is 1.00 bits per heavy atom. The van der Waals surface area contributed by atoms with E-state index in [1.54, 1.807) is 30.5 Å². The fraction of sp³-hybridized carbons (Fsp3) is 0.250. The van der Waals surface area contributed by atoms with Gasteiger partial charge in [0.05, 0.1) is 24.3 Å². The number of aromatic nitrogens is 1. The fourth-order valence-corrected chi connectivity index (χ4v) is 4.32. The summed E-state index contributed by atoms with van der Waals surface area (Å²) in [5, 5.41) is 13.4. The number of nitrogens with zero attached hydrogens (tertiary/aromatic N) is 2. The van der Waals surface area contributed by atoms with Gasteiger partial charge >= 0.3 is 0 Å². The first-order chi connectivity index (χ1) is 13.1. The van der Waals surface area contributed by atoms with Gasteiger partial charge in [-0.15, -0.1) is 0 Å².